The van der Waals surface area contributed by atoms with Crippen LogP contribution in [0.3, 0.4) is 0 Å². The van der Waals surface area contributed by atoms with Gasteiger partial charge in [-0.25, -0.2) is 9.97 Å². The molecule has 2 rings (SSSR count). The summed E-state index contributed by atoms with van der Waals surface area (Å²) in [6.45, 7) is 5.24. The van der Waals surface area contributed by atoms with Crippen LogP contribution in [-0.2, 0) is 4.74 Å². The second-order valence-electron chi connectivity index (χ2n) is 5.45. The third-order valence-electron chi connectivity index (χ3n) is 3.34. The van der Waals surface area contributed by atoms with Crippen molar-refractivity contribution >= 4 is 17.5 Å². The standard InChI is InChI=1S/C17H22N4O2/c1-12(2)13-4-6-15(7-5-13)21-17-19-10-14(11-20-17)16(22)18-8-9-23-3/h4-7,10-12H,8-9H2,1-3H3,(H,18,22)(H,19,20,21). The highest BCUT2D eigenvalue weighted by Gasteiger charge is 2.07. The van der Waals surface area contributed by atoms with Gasteiger partial charge < -0.3 is 15.4 Å². The summed E-state index contributed by atoms with van der Waals surface area (Å²) < 4.78 is 4.88. The van der Waals surface area contributed by atoms with Gasteiger partial charge in [0, 0.05) is 31.7 Å². The first-order valence-electron chi connectivity index (χ1n) is 7.56. The molecule has 1 aromatic carbocycles. The molecule has 2 N–H and O–H groups in total. The van der Waals surface area contributed by atoms with Gasteiger partial charge in [-0.05, 0) is 23.6 Å². The number of hydrogen-bond donors (Lipinski definition) is 2. The van der Waals surface area contributed by atoms with Gasteiger partial charge in [0.25, 0.3) is 5.91 Å². The Morgan fingerprint density at radius 3 is 2.39 bits per heavy atom. The van der Waals surface area contributed by atoms with Crippen molar-refractivity contribution in [3.63, 3.8) is 0 Å². The Balaban J connectivity index is 1.95. The summed E-state index contributed by atoms with van der Waals surface area (Å²) in [5.74, 6) is 0.738. The maximum absolute atomic E-state index is 11.8. The highest BCUT2D eigenvalue weighted by atomic mass is 16.5. The molecule has 6 heteroatoms. The summed E-state index contributed by atoms with van der Waals surface area (Å²) in [6, 6.07) is 8.13. The van der Waals surface area contributed by atoms with Gasteiger partial charge in [-0.2, -0.15) is 0 Å². The van der Waals surface area contributed by atoms with E-state index >= 15 is 0 Å². The Morgan fingerprint density at radius 1 is 1.17 bits per heavy atom. The van der Waals surface area contributed by atoms with Crippen LogP contribution in [0.25, 0.3) is 0 Å². The first-order valence-corrected chi connectivity index (χ1v) is 7.56. The number of amides is 1. The molecule has 1 aromatic heterocycles. The smallest absolute Gasteiger partial charge is 0.254 e. The number of anilines is 2. The highest BCUT2D eigenvalue weighted by molar-refractivity contribution is 5.93. The van der Waals surface area contributed by atoms with Gasteiger partial charge in [0.1, 0.15) is 0 Å². The molecule has 0 saturated heterocycles. The van der Waals surface area contributed by atoms with Crippen molar-refractivity contribution in [2.75, 3.05) is 25.6 Å². The third-order valence-corrected chi connectivity index (χ3v) is 3.34. The summed E-state index contributed by atoms with van der Waals surface area (Å²) in [5, 5.41) is 5.84. The number of carbonyl (C=O) groups excluding carboxylic acids is 1. The Labute approximate surface area is 136 Å². The molecule has 0 radical (unpaired) electrons. The van der Waals surface area contributed by atoms with Crippen molar-refractivity contribution in [2.24, 2.45) is 0 Å². The topological polar surface area (TPSA) is 76.1 Å². The lowest BCUT2D eigenvalue weighted by Crippen LogP contribution is -2.27. The summed E-state index contributed by atoms with van der Waals surface area (Å²) in [4.78, 5) is 20.2. The number of carbonyl (C=O) groups is 1. The van der Waals surface area contributed by atoms with Crippen LogP contribution in [0.15, 0.2) is 36.7 Å². The lowest BCUT2D eigenvalue weighted by molar-refractivity contribution is 0.0936. The molecular weight excluding hydrogens is 292 g/mol. The Hall–Kier alpha value is -2.47. The normalized spacial score (nSPS) is 10.6. The fourth-order valence-corrected chi connectivity index (χ4v) is 1.96. The number of methoxy groups -OCH3 is 1. The summed E-state index contributed by atoms with van der Waals surface area (Å²) in [6.07, 6.45) is 3.00. The third kappa shape index (κ3) is 5.03. The van der Waals surface area contributed by atoms with Crippen molar-refractivity contribution in [1.29, 1.82) is 0 Å². The number of aromatic nitrogens is 2. The molecule has 0 bridgehead atoms. The van der Waals surface area contributed by atoms with Crippen molar-refractivity contribution in [2.45, 2.75) is 19.8 Å². The second kappa shape index (κ2) is 8.24. The van der Waals surface area contributed by atoms with Gasteiger partial charge in [-0.3, -0.25) is 4.79 Å². The van der Waals surface area contributed by atoms with E-state index in [0.29, 0.717) is 30.6 Å². The summed E-state index contributed by atoms with van der Waals surface area (Å²) in [5.41, 5.74) is 2.60. The minimum Gasteiger partial charge on any atom is -0.383 e. The molecule has 0 saturated carbocycles. The molecule has 0 aliphatic heterocycles. The Bertz CT molecular complexity index is 624. The van der Waals surface area contributed by atoms with Gasteiger partial charge in [-0.15, -0.1) is 0 Å². The van der Waals surface area contributed by atoms with Gasteiger partial charge in [0.2, 0.25) is 5.95 Å². The SMILES string of the molecule is COCCNC(=O)c1cnc(Nc2ccc(C(C)C)cc2)nc1. The van der Waals surface area contributed by atoms with Crippen LogP contribution in [0.4, 0.5) is 11.6 Å². The average molecular weight is 314 g/mol. The van der Waals surface area contributed by atoms with Crippen LogP contribution in [0, 0.1) is 0 Å². The van der Waals surface area contributed by atoms with E-state index in [0.717, 1.165) is 5.69 Å². The first kappa shape index (κ1) is 16.9. The maximum atomic E-state index is 11.8. The monoisotopic (exact) mass is 314 g/mol. The van der Waals surface area contributed by atoms with Gasteiger partial charge >= 0.3 is 0 Å². The number of ether oxygens (including phenoxy) is 1. The predicted octanol–water partition coefficient (Wildman–Crippen LogP) is 2.72. The van der Waals surface area contributed by atoms with E-state index in [9.17, 15) is 4.79 Å². The lowest BCUT2D eigenvalue weighted by Gasteiger charge is -2.08. The molecule has 0 atom stereocenters. The Morgan fingerprint density at radius 2 is 1.83 bits per heavy atom. The zero-order valence-electron chi connectivity index (χ0n) is 13.7. The van der Waals surface area contributed by atoms with Crippen LogP contribution in [-0.4, -0.2) is 36.1 Å². The van der Waals surface area contributed by atoms with E-state index in [1.165, 1.54) is 18.0 Å². The van der Waals surface area contributed by atoms with Crippen molar-refractivity contribution in [1.82, 2.24) is 15.3 Å². The van der Waals surface area contributed by atoms with E-state index < -0.39 is 0 Å². The minimum atomic E-state index is -0.213. The number of nitrogens with one attached hydrogen (secondary N) is 2. The zero-order valence-corrected chi connectivity index (χ0v) is 13.7. The molecule has 23 heavy (non-hydrogen) atoms. The summed E-state index contributed by atoms with van der Waals surface area (Å²) in [7, 11) is 1.59. The molecule has 0 aliphatic rings. The first-order chi connectivity index (χ1) is 11.1. The van der Waals surface area contributed by atoms with E-state index in [-0.39, 0.29) is 5.91 Å². The fourth-order valence-electron chi connectivity index (χ4n) is 1.96. The van der Waals surface area contributed by atoms with Crippen LogP contribution in [0.1, 0.15) is 35.7 Å². The molecule has 0 spiro atoms. The number of nitrogens with zero attached hydrogens (tertiary/aromatic N) is 2. The zero-order chi connectivity index (χ0) is 16.7. The van der Waals surface area contributed by atoms with Gasteiger partial charge in [-0.1, -0.05) is 26.0 Å². The molecule has 0 unspecified atom stereocenters. The van der Waals surface area contributed by atoms with Crippen molar-refractivity contribution in [3.05, 3.63) is 47.8 Å². The molecule has 0 aliphatic carbocycles. The Kier molecular flexibility index (Phi) is 6.05. The molecule has 122 valence electrons. The summed E-state index contributed by atoms with van der Waals surface area (Å²) >= 11 is 0. The lowest BCUT2D eigenvalue weighted by atomic mass is 10.0. The minimum absolute atomic E-state index is 0.213. The average Bonchev–Trinajstić information content (AvgIpc) is 2.56. The maximum Gasteiger partial charge on any atom is 0.254 e. The van der Waals surface area contributed by atoms with E-state index in [4.69, 9.17) is 4.74 Å². The van der Waals surface area contributed by atoms with Crippen LogP contribution >= 0.6 is 0 Å². The fraction of sp³-hybridized carbons (Fsp3) is 0.353. The van der Waals surface area contributed by atoms with Crippen LogP contribution in [0.5, 0.6) is 0 Å². The van der Waals surface area contributed by atoms with Gasteiger partial charge in [0.15, 0.2) is 0 Å². The molecule has 0 fully saturated rings. The number of rotatable bonds is 7. The van der Waals surface area contributed by atoms with Crippen LogP contribution in [0.2, 0.25) is 0 Å². The van der Waals surface area contributed by atoms with E-state index in [1.807, 2.05) is 12.1 Å². The largest absolute Gasteiger partial charge is 0.383 e. The molecular formula is C17H22N4O2. The van der Waals surface area contributed by atoms with Crippen molar-refractivity contribution in [3.8, 4) is 0 Å². The van der Waals surface area contributed by atoms with E-state index in [2.05, 4.69) is 46.6 Å². The van der Waals surface area contributed by atoms with Crippen LogP contribution < -0.4 is 10.6 Å². The van der Waals surface area contributed by atoms with Gasteiger partial charge in [0.05, 0.1) is 12.2 Å². The number of hydrogen-bond acceptors (Lipinski definition) is 5. The molecule has 1 heterocycles. The molecule has 6 nitrogen and oxygen atoms in total. The molecule has 1 amide bonds. The quantitative estimate of drug-likeness (QED) is 0.769. The van der Waals surface area contributed by atoms with Crippen molar-refractivity contribution < 1.29 is 9.53 Å². The van der Waals surface area contributed by atoms with E-state index in [1.54, 1.807) is 7.11 Å². The predicted molar refractivity (Wildman–Crippen MR) is 90.1 cm³/mol. The number of benzene rings is 1. The molecule has 2 aromatic rings. The second-order valence-corrected chi connectivity index (χ2v) is 5.45. The highest BCUT2D eigenvalue weighted by Crippen LogP contribution is 2.18.